The number of carboxylic acid groups (broad SMARTS) is 1. The van der Waals surface area contributed by atoms with Crippen LogP contribution < -0.4 is 16.2 Å². The Morgan fingerprint density at radius 2 is 1.83 bits per heavy atom. The lowest BCUT2D eigenvalue weighted by Crippen LogP contribution is -2.25. The molecule has 9 heteroatoms. The van der Waals surface area contributed by atoms with E-state index >= 15 is 0 Å². The fourth-order valence-electron chi connectivity index (χ4n) is 3.64. The first-order valence-electron chi connectivity index (χ1n) is 9.10. The number of rotatable bonds is 3. The Kier molecular flexibility index (Phi) is 4.30. The van der Waals surface area contributed by atoms with Crippen molar-refractivity contribution in [2.24, 2.45) is 7.05 Å². The second-order valence-electron chi connectivity index (χ2n) is 6.97. The number of fused-ring (bicyclic) bond motifs is 2. The molecule has 30 heavy (non-hydrogen) atoms. The van der Waals surface area contributed by atoms with Crippen LogP contribution in [-0.2, 0) is 11.8 Å². The van der Waals surface area contributed by atoms with E-state index in [2.05, 4.69) is 4.98 Å². The van der Waals surface area contributed by atoms with E-state index in [4.69, 9.17) is 5.73 Å². The number of carbonyl (C=O) groups is 2. The molecular formula is C21H19N5O4. The number of hydrogen-bond acceptors (Lipinski definition) is 5. The number of carboxylic acids is 1. The van der Waals surface area contributed by atoms with Crippen molar-refractivity contribution in [3.8, 4) is 5.69 Å². The van der Waals surface area contributed by atoms with E-state index in [0.29, 0.717) is 27.5 Å². The molecule has 0 aliphatic heterocycles. The van der Waals surface area contributed by atoms with Crippen molar-refractivity contribution in [1.82, 2.24) is 14.1 Å². The highest BCUT2D eigenvalue weighted by Crippen LogP contribution is 2.32. The Hall–Kier alpha value is -4.14. The normalized spacial score (nSPS) is 11.2. The fourth-order valence-corrected chi connectivity index (χ4v) is 3.64. The smallest absolute Gasteiger partial charge is 0.354 e. The lowest BCUT2D eigenvalue weighted by atomic mass is 10.1. The molecule has 0 fully saturated rings. The van der Waals surface area contributed by atoms with Gasteiger partial charge in [-0.2, -0.15) is 0 Å². The molecule has 0 aliphatic rings. The van der Waals surface area contributed by atoms with Crippen LogP contribution in [0.1, 0.15) is 17.4 Å². The first-order valence-corrected chi connectivity index (χ1v) is 9.10. The quantitative estimate of drug-likeness (QED) is 0.538. The summed E-state index contributed by atoms with van der Waals surface area (Å²) in [5.74, 6) is -1.53. The Labute approximate surface area is 170 Å². The summed E-state index contributed by atoms with van der Waals surface area (Å²) in [5.41, 5.74) is 7.19. The van der Waals surface area contributed by atoms with Gasteiger partial charge in [-0.15, -0.1) is 0 Å². The summed E-state index contributed by atoms with van der Waals surface area (Å²) in [4.78, 5) is 43.0. The Morgan fingerprint density at radius 3 is 2.50 bits per heavy atom. The monoisotopic (exact) mass is 405 g/mol. The molecule has 0 radical (unpaired) electrons. The zero-order valence-electron chi connectivity index (χ0n) is 16.6. The largest absolute Gasteiger partial charge is 0.477 e. The van der Waals surface area contributed by atoms with Gasteiger partial charge in [0.05, 0.1) is 22.1 Å². The number of hydrogen-bond donors (Lipinski definition) is 2. The van der Waals surface area contributed by atoms with E-state index in [1.54, 1.807) is 56.6 Å². The van der Waals surface area contributed by atoms with Crippen LogP contribution in [0.5, 0.6) is 0 Å². The molecule has 0 aliphatic carbocycles. The molecule has 2 heterocycles. The number of nitrogen functional groups attached to an aromatic ring is 1. The van der Waals surface area contributed by atoms with Crippen LogP contribution in [0.4, 0.5) is 11.6 Å². The van der Waals surface area contributed by atoms with Gasteiger partial charge in [-0.05, 0) is 30.3 Å². The number of carbonyl (C=O) groups excluding carboxylic acids is 1. The van der Waals surface area contributed by atoms with E-state index in [1.165, 1.54) is 16.4 Å². The predicted octanol–water partition coefficient (Wildman–Crippen LogP) is 2.14. The van der Waals surface area contributed by atoms with Crippen LogP contribution in [0.25, 0.3) is 27.5 Å². The Bertz CT molecular complexity index is 1420. The number of anilines is 2. The highest BCUT2D eigenvalue weighted by Gasteiger charge is 2.26. The third-order valence-electron chi connectivity index (χ3n) is 5.24. The van der Waals surface area contributed by atoms with Crippen molar-refractivity contribution in [3.05, 3.63) is 58.5 Å². The molecule has 0 atom stereocenters. The topological polar surface area (TPSA) is 123 Å². The number of nitrogens with zero attached hydrogens (tertiary/aromatic N) is 4. The van der Waals surface area contributed by atoms with E-state index in [1.807, 2.05) is 0 Å². The molecule has 2 aromatic carbocycles. The molecule has 0 saturated carbocycles. The van der Waals surface area contributed by atoms with Crippen molar-refractivity contribution in [2.75, 3.05) is 17.7 Å². The van der Waals surface area contributed by atoms with Gasteiger partial charge in [0.15, 0.2) is 5.69 Å². The van der Waals surface area contributed by atoms with Crippen LogP contribution in [0.2, 0.25) is 0 Å². The van der Waals surface area contributed by atoms with E-state index in [0.717, 1.165) is 4.57 Å². The third-order valence-corrected chi connectivity index (χ3v) is 5.24. The minimum Gasteiger partial charge on any atom is -0.477 e. The van der Waals surface area contributed by atoms with Crippen molar-refractivity contribution in [1.29, 1.82) is 0 Å². The predicted molar refractivity (Wildman–Crippen MR) is 114 cm³/mol. The Morgan fingerprint density at radius 1 is 1.13 bits per heavy atom. The van der Waals surface area contributed by atoms with Gasteiger partial charge in [0, 0.05) is 32.1 Å². The average molecular weight is 405 g/mol. The summed E-state index contributed by atoms with van der Waals surface area (Å²) in [7, 11) is 3.21. The van der Waals surface area contributed by atoms with E-state index in [9.17, 15) is 19.5 Å². The number of amides is 1. The van der Waals surface area contributed by atoms with Gasteiger partial charge >= 0.3 is 5.97 Å². The molecule has 1 amide bonds. The maximum absolute atomic E-state index is 13.3. The molecule has 3 N–H and O–H groups in total. The van der Waals surface area contributed by atoms with Crippen molar-refractivity contribution in [2.45, 2.75) is 6.92 Å². The zero-order chi connectivity index (χ0) is 21.7. The third kappa shape index (κ3) is 2.71. The summed E-state index contributed by atoms with van der Waals surface area (Å²) >= 11 is 0. The number of aromatic carboxylic acids is 1. The standard InChI is InChI=1S/C21H19N5O4/c1-11(27)24(2)12-8-9-16-14(10-12)17(18(20(29)30)25(16)3)26-19(28)13-6-4-5-7-15(13)23-21(26)22/h4-10H,1-3H3,(H2,22,23)(H,29,30). The molecule has 0 bridgehead atoms. The lowest BCUT2D eigenvalue weighted by Gasteiger charge is -2.15. The maximum Gasteiger partial charge on any atom is 0.354 e. The second kappa shape index (κ2) is 6.73. The van der Waals surface area contributed by atoms with E-state index < -0.39 is 11.5 Å². The van der Waals surface area contributed by atoms with Crippen molar-refractivity contribution >= 4 is 45.3 Å². The number of aryl methyl sites for hydroxylation is 1. The summed E-state index contributed by atoms with van der Waals surface area (Å²) in [6, 6.07) is 11.8. The lowest BCUT2D eigenvalue weighted by molar-refractivity contribution is -0.116. The van der Waals surface area contributed by atoms with Crippen LogP contribution in [0, 0.1) is 0 Å². The maximum atomic E-state index is 13.3. The second-order valence-corrected chi connectivity index (χ2v) is 6.97. The van der Waals surface area contributed by atoms with Crippen LogP contribution >= 0.6 is 0 Å². The fraction of sp³-hybridized carbons (Fsp3) is 0.143. The molecule has 4 rings (SSSR count). The molecule has 152 valence electrons. The first-order chi connectivity index (χ1) is 14.2. The molecular weight excluding hydrogens is 386 g/mol. The van der Waals surface area contributed by atoms with Gasteiger partial charge < -0.3 is 20.3 Å². The summed E-state index contributed by atoms with van der Waals surface area (Å²) in [6.45, 7) is 1.43. The highest BCUT2D eigenvalue weighted by molar-refractivity contribution is 6.05. The minimum absolute atomic E-state index is 0.111. The first kappa shape index (κ1) is 19.2. The van der Waals surface area contributed by atoms with Gasteiger partial charge in [0.1, 0.15) is 0 Å². The van der Waals surface area contributed by atoms with E-state index in [-0.39, 0.29) is 23.2 Å². The van der Waals surface area contributed by atoms with Gasteiger partial charge in [-0.3, -0.25) is 9.59 Å². The van der Waals surface area contributed by atoms with Crippen molar-refractivity contribution < 1.29 is 14.7 Å². The Balaban J connectivity index is 2.17. The van der Waals surface area contributed by atoms with Crippen molar-refractivity contribution in [3.63, 3.8) is 0 Å². The summed E-state index contributed by atoms with van der Waals surface area (Å²) in [5, 5.41) is 10.7. The SMILES string of the molecule is CC(=O)N(C)c1ccc2c(c1)c(-n1c(N)nc3ccccc3c1=O)c(C(=O)O)n2C. The molecule has 2 aromatic heterocycles. The molecule has 0 saturated heterocycles. The van der Waals surface area contributed by atoms with Crippen LogP contribution in [0.15, 0.2) is 47.3 Å². The number of nitrogens with two attached hydrogens (primary N) is 1. The van der Waals surface area contributed by atoms with Crippen LogP contribution in [-0.4, -0.2) is 38.1 Å². The number of benzene rings is 2. The highest BCUT2D eigenvalue weighted by atomic mass is 16.4. The average Bonchev–Trinajstić information content (AvgIpc) is 2.99. The number of para-hydroxylation sites is 1. The van der Waals surface area contributed by atoms with Gasteiger partial charge in [0.2, 0.25) is 11.9 Å². The number of aromatic nitrogens is 3. The molecule has 9 nitrogen and oxygen atoms in total. The molecule has 4 aromatic rings. The van der Waals surface area contributed by atoms with Gasteiger partial charge in [-0.25, -0.2) is 14.3 Å². The van der Waals surface area contributed by atoms with Crippen LogP contribution in [0.3, 0.4) is 0 Å². The summed E-state index contributed by atoms with van der Waals surface area (Å²) in [6.07, 6.45) is 0. The van der Waals surface area contributed by atoms with Gasteiger partial charge in [-0.1, -0.05) is 12.1 Å². The van der Waals surface area contributed by atoms with Gasteiger partial charge in [0.25, 0.3) is 5.56 Å². The summed E-state index contributed by atoms with van der Waals surface area (Å²) < 4.78 is 2.59. The minimum atomic E-state index is -1.22. The zero-order valence-corrected chi connectivity index (χ0v) is 16.6. The molecule has 0 spiro atoms. The molecule has 0 unspecified atom stereocenters.